The fourth-order valence-corrected chi connectivity index (χ4v) is 14.7. The summed E-state index contributed by atoms with van der Waals surface area (Å²) in [5.74, 6) is 0.799. The summed E-state index contributed by atoms with van der Waals surface area (Å²) in [6.07, 6.45) is 2.85. The van der Waals surface area contributed by atoms with E-state index in [1.807, 2.05) is 0 Å². The van der Waals surface area contributed by atoms with Crippen LogP contribution in [0, 0.1) is 0 Å². The third kappa shape index (κ3) is 3.73. The second kappa shape index (κ2) is 10.4. The van der Waals surface area contributed by atoms with Crippen LogP contribution in [0.1, 0.15) is 11.3 Å². The molecule has 7 aromatic carbocycles. The maximum atomic E-state index is 5.31. The molecule has 3 heteroatoms. The zero-order valence-electron chi connectivity index (χ0n) is 27.3. The van der Waals surface area contributed by atoms with Gasteiger partial charge in [0, 0.05) is 23.7 Å². The molecule has 3 aliphatic rings. The third-order valence-corrected chi connectivity index (χ3v) is 16.2. The van der Waals surface area contributed by atoms with Crippen LogP contribution < -0.4 is 20.7 Å². The predicted octanol–water partition coefficient (Wildman–Crippen LogP) is 8.39. The van der Waals surface area contributed by atoms with Gasteiger partial charge in [-0.15, -0.1) is 0 Å². The molecular formula is C47H30N2Si. The molecule has 50 heavy (non-hydrogen) atoms. The van der Waals surface area contributed by atoms with Crippen LogP contribution in [0.4, 0.5) is 0 Å². The molecule has 232 valence electrons. The number of hydrogen-bond acceptors (Lipinski definition) is 2. The Balaban J connectivity index is 1.01. The van der Waals surface area contributed by atoms with Crippen LogP contribution in [0.15, 0.2) is 170 Å². The first kappa shape index (κ1) is 27.8. The quantitative estimate of drug-likeness (QED) is 0.180. The number of rotatable bonds is 3. The highest BCUT2D eigenvalue weighted by atomic mass is 28.3. The zero-order chi connectivity index (χ0) is 32.8. The van der Waals surface area contributed by atoms with E-state index in [4.69, 9.17) is 9.97 Å². The van der Waals surface area contributed by atoms with E-state index < -0.39 is 8.07 Å². The maximum Gasteiger partial charge on any atom is 0.182 e. The standard InChI is InChI=1S/C47H30N2Si/c1-2-11-30(12-3-1)31-21-23-32(24-22-31)34-16-10-17-35-40(34)28-42-41(35)29-48-47(49-42)33-25-26-39-38-15-6-9-20-45(38)50(46(39)27-33)43-18-7-4-13-36(43)37-14-5-8-19-44(37)50/h1-27,29H,28H2. The Kier molecular flexibility index (Phi) is 5.78. The van der Waals surface area contributed by atoms with Crippen LogP contribution in [0.2, 0.25) is 0 Å². The van der Waals surface area contributed by atoms with E-state index in [2.05, 4.69) is 170 Å². The van der Waals surface area contributed by atoms with Crippen molar-refractivity contribution in [2.45, 2.75) is 6.42 Å². The predicted molar refractivity (Wildman–Crippen MR) is 208 cm³/mol. The molecule has 0 saturated carbocycles. The van der Waals surface area contributed by atoms with Crippen molar-refractivity contribution in [1.29, 1.82) is 0 Å². The first-order chi connectivity index (χ1) is 24.8. The Bertz CT molecular complexity index is 2610. The third-order valence-electron chi connectivity index (χ3n) is 11.2. The highest BCUT2D eigenvalue weighted by Gasteiger charge is 2.53. The Morgan fingerprint density at radius 3 is 1.58 bits per heavy atom. The summed E-state index contributed by atoms with van der Waals surface area (Å²) >= 11 is 0. The molecule has 8 aromatic rings. The molecule has 2 nitrogen and oxygen atoms in total. The van der Waals surface area contributed by atoms with Crippen LogP contribution in [0.5, 0.6) is 0 Å². The summed E-state index contributed by atoms with van der Waals surface area (Å²) < 4.78 is 0. The van der Waals surface area contributed by atoms with Gasteiger partial charge in [0.15, 0.2) is 13.9 Å². The summed E-state index contributed by atoms with van der Waals surface area (Å²) in [7, 11) is -2.51. The Hall–Kier alpha value is -6.16. The molecule has 3 heterocycles. The summed E-state index contributed by atoms with van der Waals surface area (Å²) in [5.41, 5.74) is 16.3. The number of nitrogens with zero attached hydrogens (tertiary/aromatic N) is 2. The van der Waals surface area contributed by atoms with Crippen molar-refractivity contribution in [3.05, 3.63) is 181 Å². The molecule has 0 N–H and O–H groups in total. The van der Waals surface area contributed by atoms with Gasteiger partial charge in [-0.25, -0.2) is 9.97 Å². The SMILES string of the molecule is c1ccc(-c2ccc(-c3cccc4c3Cc3nc(-c5ccc6c(c5)[Si]5(c7ccccc7-c7ccccc75)c5ccccc5-6)ncc3-4)cc2)cc1. The van der Waals surface area contributed by atoms with E-state index in [1.165, 1.54) is 76.4 Å². The monoisotopic (exact) mass is 650 g/mol. The molecular weight excluding hydrogens is 621 g/mol. The fraction of sp³-hybridized carbons (Fsp3) is 0.0213. The molecule has 0 atom stereocenters. The van der Waals surface area contributed by atoms with E-state index >= 15 is 0 Å². The molecule has 0 radical (unpaired) electrons. The van der Waals surface area contributed by atoms with Gasteiger partial charge in [-0.2, -0.15) is 0 Å². The van der Waals surface area contributed by atoms with Gasteiger partial charge in [0.25, 0.3) is 0 Å². The Labute approximate surface area is 292 Å². The molecule has 0 saturated heterocycles. The van der Waals surface area contributed by atoms with Gasteiger partial charge in [0.1, 0.15) is 0 Å². The first-order valence-electron chi connectivity index (χ1n) is 17.4. The van der Waals surface area contributed by atoms with E-state index in [1.54, 1.807) is 0 Å². The van der Waals surface area contributed by atoms with Crippen LogP contribution >= 0.6 is 0 Å². The summed E-state index contributed by atoms with van der Waals surface area (Å²) in [5, 5.41) is 5.90. The minimum Gasteiger partial charge on any atom is -0.236 e. The summed E-state index contributed by atoms with van der Waals surface area (Å²) in [6, 6.07) is 60.5. The Morgan fingerprint density at radius 1 is 0.380 bits per heavy atom. The van der Waals surface area contributed by atoms with Crippen molar-refractivity contribution in [3.8, 4) is 67.0 Å². The lowest BCUT2D eigenvalue weighted by atomic mass is 9.94. The van der Waals surface area contributed by atoms with Gasteiger partial charge in [0.05, 0.1) is 5.69 Å². The highest BCUT2D eigenvalue weighted by molar-refractivity contribution is 7.24. The van der Waals surface area contributed by atoms with Crippen molar-refractivity contribution < 1.29 is 0 Å². The Morgan fingerprint density at radius 2 is 0.900 bits per heavy atom. The number of fused-ring (bicyclic) bond motifs is 13. The largest absolute Gasteiger partial charge is 0.236 e. The maximum absolute atomic E-state index is 5.31. The van der Waals surface area contributed by atoms with Crippen LogP contribution in [0.3, 0.4) is 0 Å². The van der Waals surface area contributed by atoms with Crippen molar-refractivity contribution in [3.63, 3.8) is 0 Å². The number of aromatic nitrogens is 2. The van der Waals surface area contributed by atoms with E-state index in [0.717, 1.165) is 29.1 Å². The van der Waals surface area contributed by atoms with E-state index in [-0.39, 0.29) is 0 Å². The van der Waals surface area contributed by atoms with E-state index in [0.29, 0.717) is 0 Å². The average Bonchev–Trinajstić information content (AvgIpc) is 3.82. The summed E-state index contributed by atoms with van der Waals surface area (Å²) in [4.78, 5) is 10.4. The van der Waals surface area contributed by atoms with Crippen molar-refractivity contribution in [2.24, 2.45) is 0 Å². The molecule has 0 unspecified atom stereocenters. The van der Waals surface area contributed by atoms with Gasteiger partial charge >= 0.3 is 0 Å². The van der Waals surface area contributed by atoms with Crippen LogP contribution in [-0.2, 0) is 6.42 Å². The van der Waals surface area contributed by atoms with Gasteiger partial charge < -0.3 is 0 Å². The number of hydrogen-bond donors (Lipinski definition) is 0. The molecule has 0 amide bonds. The van der Waals surface area contributed by atoms with Gasteiger partial charge in [-0.1, -0.05) is 164 Å². The lowest BCUT2D eigenvalue weighted by molar-refractivity contribution is 1.08. The molecule has 0 bridgehead atoms. The summed E-state index contributed by atoms with van der Waals surface area (Å²) in [6.45, 7) is 0. The van der Waals surface area contributed by atoms with Gasteiger partial charge in [0.2, 0.25) is 0 Å². The minimum atomic E-state index is -2.51. The average molecular weight is 651 g/mol. The van der Waals surface area contributed by atoms with E-state index in [9.17, 15) is 0 Å². The van der Waals surface area contributed by atoms with Crippen molar-refractivity contribution >= 4 is 28.8 Å². The minimum absolute atomic E-state index is 0.798. The number of benzene rings is 7. The molecule has 2 aliphatic heterocycles. The topological polar surface area (TPSA) is 25.8 Å². The lowest BCUT2D eigenvalue weighted by Crippen LogP contribution is -2.70. The molecule has 0 fully saturated rings. The highest BCUT2D eigenvalue weighted by Crippen LogP contribution is 2.42. The van der Waals surface area contributed by atoms with Crippen LogP contribution in [-0.4, -0.2) is 18.0 Å². The molecule has 11 rings (SSSR count). The normalized spacial score (nSPS) is 13.7. The van der Waals surface area contributed by atoms with Crippen LogP contribution in [0.25, 0.3) is 67.0 Å². The second-order valence-corrected chi connectivity index (χ2v) is 17.3. The van der Waals surface area contributed by atoms with Gasteiger partial charge in [-0.05, 0) is 76.4 Å². The van der Waals surface area contributed by atoms with Crippen molar-refractivity contribution in [1.82, 2.24) is 9.97 Å². The fourth-order valence-electron chi connectivity index (χ4n) is 9.09. The first-order valence-corrected chi connectivity index (χ1v) is 19.4. The molecule has 1 aromatic heterocycles. The lowest BCUT2D eigenvalue weighted by Gasteiger charge is -2.28. The van der Waals surface area contributed by atoms with Crippen molar-refractivity contribution in [2.75, 3.05) is 0 Å². The zero-order valence-corrected chi connectivity index (χ0v) is 28.3. The van der Waals surface area contributed by atoms with Gasteiger partial charge in [-0.3, -0.25) is 0 Å². The second-order valence-electron chi connectivity index (χ2n) is 13.7. The molecule has 1 aliphatic carbocycles. The smallest absolute Gasteiger partial charge is 0.182 e. The molecule has 1 spiro atoms.